The highest BCUT2D eigenvalue weighted by Crippen LogP contribution is 2.17. The summed E-state index contributed by atoms with van der Waals surface area (Å²) in [6.45, 7) is 5.65. The summed E-state index contributed by atoms with van der Waals surface area (Å²) < 4.78 is 5.25. The molecule has 7 heteroatoms. The molecule has 1 fully saturated rings. The van der Waals surface area contributed by atoms with Gasteiger partial charge in [0.2, 0.25) is 0 Å². The van der Waals surface area contributed by atoms with Gasteiger partial charge in [0.15, 0.2) is 0 Å². The molecule has 1 aliphatic rings. The monoisotopic (exact) mass is 410 g/mol. The van der Waals surface area contributed by atoms with Crippen LogP contribution < -0.4 is 20.3 Å². The largest absolute Gasteiger partial charge is 0.496 e. The summed E-state index contributed by atoms with van der Waals surface area (Å²) in [6.07, 6.45) is 0.816. The van der Waals surface area contributed by atoms with Gasteiger partial charge in [-0.15, -0.1) is 0 Å². The Labute approximate surface area is 178 Å². The summed E-state index contributed by atoms with van der Waals surface area (Å²) in [5.74, 6) is -0.540. The van der Waals surface area contributed by atoms with Crippen molar-refractivity contribution in [1.82, 2.24) is 15.5 Å². The van der Waals surface area contributed by atoms with Gasteiger partial charge in [-0.2, -0.15) is 0 Å². The van der Waals surface area contributed by atoms with E-state index >= 15 is 0 Å². The molecule has 0 aromatic heterocycles. The molecule has 1 saturated heterocycles. The lowest BCUT2D eigenvalue weighted by Crippen LogP contribution is -2.47. The summed E-state index contributed by atoms with van der Waals surface area (Å²) in [4.78, 5) is 28.8. The van der Waals surface area contributed by atoms with Crippen LogP contribution in [0.5, 0.6) is 5.75 Å². The minimum absolute atomic E-state index is 0.252. The number of para-hydroxylation sites is 2. The van der Waals surface area contributed by atoms with Gasteiger partial charge in [-0.1, -0.05) is 36.4 Å². The van der Waals surface area contributed by atoms with Crippen molar-refractivity contribution in [3.05, 3.63) is 60.2 Å². The number of amides is 2. The third-order valence-electron chi connectivity index (χ3n) is 5.27. The Bertz CT molecular complexity index is 820. The molecule has 0 spiro atoms. The van der Waals surface area contributed by atoms with Crippen LogP contribution in [0.2, 0.25) is 0 Å². The van der Waals surface area contributed by atoms with Gasteiger partial charge in [0.25, 0.3) is 0 Å². The number of ether oxygens (including phenoxy) is 1. The van der Waals surface area contributed by atoms with Crippen molar-refractivity contribution in [2.24, 2.45) is 0 Å². The third kappa shape index (κ3) is 6.22. The number of piperazine rings is 1. The van der Waals surface area contributed by atoms with E-state index in [0.717, 1.165) is 44.7 Å². The molecule has 7 nitrogen and oxygen atoms in total. The van der Waals surface area contributed by atoms with E-state index in [9.17, 15) is 9.59 Å². The Balaban J connectivity index is 1.30. The number of rotatable bonds is 8. The van der Waals surface area contributed by atoms with Crippen LogP contribution in [0.1, 0.15) is 12.0 Å². The van der Waals surface area contributed by atoms with Gasteiger partial charge < -0.3 is 20.3 Å². The van der Waals surface area contributed by atoms with Crippen LogP contribution in [0.3, 0.4) is 0 Å². The minimum atomic E-state index is -0.627. The standard InChI is InChI=1S/C23H30N4O3/c1-30-21-11-6-5-8-19(21)18-25-23(29)22(28)24-12-7-13-26-14-16-27(17-15-26)20-9-3-2-4-10-20/h2-6,8-11H,7,12-18H2,1H3,(H,24,28)(H,25,29). The second kappa shape index (κ2) is 11.2. The summed E-state index contributed by atoms with van der Waals surface area (Å²) in [5, 5.41) is 5.34. The van der Waals surface area contributed by atoms with Crippen molar-refractivity contribution in [2.45, 2.75) is 13.0 Å². The molecule has 3 rings (SSSR count). The number of benzene rings is 2. The molecule has 2 aromatic rings. The molecule has 0 saturated carbocycles. The van der Waals surface area contributed by atoms with E-state index in [4.69, 9.17) is 4.74 Å². The van der Waals surface area contributed by atoms with E-state index in [-0.39, 0.29) is 6.54 Å². The molecule has 0 aliphatic carbocycles. The van der Waals surface area contributed by atoms with Crippen LogP contribution >= 0.6 is 0 Å². The van der Waals surface area contributed by atoms with Crippen molar-refractivity contribution >= 4 is 17.5 Å². The van der Waals surface area contributed by atoms with E-state index in [1.807, 2.05) is 30.3 Å². The van der Waals surface area contributed by atoms with Crippen LogP contribution in [-0.2, 0) is 16.1 Å². The number of carbonyl (C=O) groups is 2. The first kappa shape index (κ1) is 21.6. The van der Waals surface area contributed by atoms with Crippen LogP contribution in [0, 0.1) is 0 Å². The molecule has 2 N–H and O–H groups in total. The Morgan fingerprint density at radius 3 is 2.30 bits per heavy atom. The fourth-order valence-corrected chi connectivity index (χ4v) is 3.56. The molecule has 160 valence electrons. The van der Waals surface area contributed by atoms with Crippen molar-refractivity contribution < 1.29 is 14.3 Å². The molecule has 1 aliphatic heterocycles. The average Bonchev–Trinajstić information content (AvgIpc) is 2.81. The van der Waals surface area contributed by atoms with E-state index in [1.54, 1.807) is 7.11 Å². The van der Waals surface area contributed by atoms with E-state index < -0.39 is 11.8 Å². The fourth-order valence-electron chi connectivity index (χ4n) is 3.56. The topological polar surface area (TPSA) is 73.9 Å². The van der Waals surface area contributed by atoms with Crippen molar-refractivity contribution in [1.29, 1.82) is 0 Å². The third-order valence-corrected chi connectivity index (χ3v) is 5.27. The summed E-state index contributed by atoms with van der Waals surface area (Å²) in [7, 11) is 1.58. The fraction of sp³-hybridized carbons (Fsp3) is 0.391. The van der Waals surface area contributed by atoms with Gasteiger partial charge in [0.05, 0.1) is 7.11 Å². The molecule has 0 atom stereocenters. The molecular formula is C23H30N4O3. The molecule has 1 heterocycles. The number of anilines is 1. The Hall–Kier alpha value is -3.06. The first-order valence-electron chi connectivity index (χ1n) is 10.4. The van der Waals surface area contributed by atoms with Crippen molar-refractivity contribution in [3.8, 4) is 5.75 Å². The molecule has 0 bridgehead atoms. The number of hydrogen-bond donors (Lipinski definition) is 2. The zero-order valence-corrected chi connectivity index (χ0v) is 17.5. The average molecular weight is 411 g/mol. The van der Waals surface area contributed by atoms with Gasteiger partial charge in [0.1, 0.15) is 5.75 Å². The SMILES string of the molecule is COc1ccccc1CNC(=O)C(=O)NCCCN1CCN(c2ccccc2)CC1. The highest BCUT2D eigenvalue weighted by Gasteiger charge is 2.17. The first-order chi connectivity index (χ1) is 14.7. The summed E-state index contributed by atoms with van der Waals surface area (Å²) in [6, 6.07) is 17.9. The zero-order chi connectivity index (χ0) is 21.2. The second-order valence-corrected chi connectivity index (χ2v) is 7.27. The van der Waals surface area contributed by atoms with Crippen LogP contribution in [0.4, 0.5) is 5.69 Å². The van der Waals surface area contributed by atoms with Crippen LogP contribution in [0.15, 0.2) is 54.6 Å². The first-order valence-corrected chi connectivity index (χ1v) is 10.4. The predicted octanol–water partition coefficient (Wildman–Crippen LogP) is 1.64. The molecule has 2 amide bonds. The van der Waals surface area contributed by atoms with Gasteiger partial charge in [-0.3, -0.25) is 14.5 Å². The Morgan fingerprint density at radius 1 is 0.900 bits per heavy atom. The van der Waals surface area contributed by atoms with Gasteiger partial charge in [-0.05, 0) is 31.2 Å². The van der Waals surface area contributed by atoms with Gasteiger partial charge in [-0.25, -0.2) is 0 Å². The quantitative estimate of drug-likeness (QED) is 0.511. The van der Waals surface area contributed by atoms with Crippen LogP contribution in [-0.4, -0.2) is 63.1 Å². The minimum Gasteiger partial charge on any atom is -0.496 e. The number of hydrogen-bond acceptors (Lipinski definition) is 5. The van der Waals surface area contributed by atoms with Gasteiger partial charge in [0, 0.05) is 50.5 Å². The maximum Gasteiger partial charge on any atom is 0.309 e. The molecule has 2 aromatic carbocycles. The van der Waals surface area contributed by atoms with Gasteiger partial charge >= 0.3 is 11.8 Å². The smallest absolute Gasteiger partial charge is 0.309 e. The van der Waals surface area contributed by atoms with Crippen molar-refractivity contribution in [2.75, 3.05) is 51.3 Å². The number of carbonyl (C=O) groups excluding carboxylic acids is 2. The van der Waals surface area contributed by atoms with E-state index in [2.05, 4.69) is 44.7 Å². The molecular weight excluding hydrogens is 380 g/mol. The lowest BCUT2D eigenvalue weighted by Gasteiger charge is -2.36. The maximum absolute atomic E-state index is 12.0. The highest BCUT2D eigenvalue weighted by molar-refractivity contribution is 6.35. The van der Waals surface area contributed by atoms with Crippen LogP contribution in [0.25, 0.3) is 0 Å². The maximum atomic E-state index is 12.0. The lowest BCUT2D eigenvalue weighted by atomic mass is 10.2. The summed E-state index contributed by atoms with van der Waals surface area (Å²) in [5.41, 5.74) is 2.10. The highest BCUT2D eigenvalue weighted by atomic mass is 16.5. The molecule has 30 heavy (non-hydrogen) atoms. The lowest BCUT2D eigenvalue weighted by molar-refractivity contribution is -0.139. The molecule has 0 unspecified atom stereocenters. The number of nitrogens with zero attached hydrogens (tertiary/aromatic N) is 2. The Kier molecular flexibility index (Phi) is 8.09. The van der Waals surface area contributed by atoms with E-state index in [1.165, 1.54) is 5.69 Å². The van der Waals surface area contributed by atoms with Crippen molar-refractivity contribution in [3.63, 3.8) is 0 Å². The molecule has 0 radical (unpaired) electrons. The number of nitrogens with one attached hydrogen (secondary N) is 2. The second-order valence-electron chi connectivity index (χ2n) is 7.27. The number of methoxy groups -OCH3 is 1. The zero-order valence-electron chi connectivity index (χ0n) is 17.5. The summed E-state index contributed by atoms with van der Waals surface area (Å²) >= 11 is 0. The van der Waals surface area contributed by atoms with E-state index in [0.29, 0.717) is 12.3 Å². The Morgan fingerprint density at radius 2 is 1.57 bits per heavy atom. The predicted molar refractivity (Wildman–Crippen MR) is 118 cm³/mol. The normalized spacial score (nSPS) is 14.2.